The van der Waals surface area contributed by atoms with Crippen molar-refractivity contribution in [3.8, 4) is 22.5 Å². The molecule has 6 rings (SSSR count). The van der Waals surface area contributed by atoms with Crippen LogP contribution in [0.1, 0.15) is 49.6 Å². The molecule has 8 nitrogen and oxygen atoms in total. The third kappa shape index (κ3) is 3.42. The minimum atomic E-state index is -0.906. The lowest BCUT2D eigenvalue weighted by Crippen LogP contribution is -2.38. The number of nitrogens with zero attached hydrogens (tertiary/aromatic N) is 6. The third-order valence-electron chi connectivity index (χ3n) is 8.21. The summed E-state index contributed by atoms with van der Waals surface area (Å²) in [4.78, 5) is 9.49. The predicted molar refractivity (Wildman–Crippen MR) is 130 cm³/mol. The highest BCUT2D eigenvalue weighted by molar-refractivity contribution is 5.64. The molecule has 1 fully saturated rings. The molecular formula is C27H26F2N6O2. The van der Waals surface area contributed by atoms with E-state index in [4.69, 9.17) is 10.1 Å². The molecule has 2 aliphatic carbocycles. The molecule has 3 aromatic heterocycles. The van der Waals surface area contributed by atoms with E-state index in [1.807, 2.05) is 0 Å². The van der Waals surface area contributed by atoms with Gasteiger partial charge in [0.1, 0.15) is 11.6 Å². The lowest BCUT2D eigenvalue weighted by atomic mass is 9.66. The molecule has 0 unspecified atom stereocenters. The Morgan fingerprint density at radius 3 is 2.65 bits per heavy atom. The third-order valence-corrected chi connectivity index (χ3v) is 8.21. The highest BCUT2D eigenvalue weighted by Crippen LogP contribution is 2.69. The molecule has 4 aromatic rings. The Morgan fingerprint density at radius 1 is 1.11 bits per heavy atom. The Hall–Kier alpha value is -3.63. The van der Waals surface area contributed by atoms with Crippen LogP contribution in [0.25, 0.3) is 22.5 Å². The van der Waals surface area contributed by atoms with Gasteiger partial charge in [-0.2, -0.15) is 10.2 Å². The summed E-state index contributed by atoms with van der Waals surface area (Å²) in [6.45, 7) is 4.17. The highest BCUT2D eigenvalue weighted by atomic mass is 19.1. The van der Waals surface area contributed by atoms with Gasteiger partial charge in [-0.3, -0.25) is 9.67 Å². The topological polar surface area (TPSA) is 110 Å². The molecule has 2 bridgehead atoms. The first-order valence-electron chi connectivity index (χ1n) is 12.2. The quantitative estimate of drug-likeness (QED) is 0.413. The fourth-order valence-electron chi connectivity index (χ4n) is 6.34. The predicted octanol–water partition coefficient (Wildman–Crippen LogP) is 3.63. The first-order valence-corrected chi connectivity index (χ1v) is 12.2. The molecule has 0 saturated heterocycles. The molecule has 10 heteroatoms. The van der Waals surface area contributed by atoms with Gasteiger partial charge in [-0.25, -0.2) is 13.8 Å². The Balaban J connectivity index is 1.43. The summed E-state index contributed by atoms with van der Waals surface area (Å²) in [5.41, 5.74) is 3.03. The zero-order valence-corrected chi connectivity index (χ0v) is 20.4. The van der Waals surface area contributed by atoms with Gasteiger partial charge < -0.3 is 10.2 Å². The highest BCUT2D eigenvalue weighted by Gasteiger charge is 2.65. The molecule has 3 heterocycles. The molecule has 1 saturated carbocycles. The van der Waals surface area contributed by atoms with Crippen molar-refractivity contribution in [1.29, 1.82) is 0 Å². The Morgan fingerprint density at radius 2 is 1.89 bits per heavy atom. The first-order chi connectivity index (χ1) is 17.8. The van der Waals surface area contributed by atoms with Crippen LogP contribution in [-0.4, -0.2) is 52.9 Å². The molecule has 2 aliphatic rings. The van der Waals surface area contributed by atoms with E-state index in [0.717, 1.165) is 35.4 Å². The zero-order chi connectivity index (χ0) is 25.9. The van der Waals surface area contributed by atoms with Crippen molar-refractivity contribution in [3.05, 3.63) is 77.6 Å². The van der Waals surface area contributed by atoms with E-state index in [0.29, 0.717) is 5.69 Å². The van der Waals surface area contributed by atoms with E-state index in [1.54, 1.807) is 35.5 Å². The number of aromatic nitrogens is 6. The minimum absolute atomic E-state index is 0.125. The molecule has 190 valence electrons. The molecule has 3 atom stereocenters. The summed E-state index contributed by atoms with van der Waals surface area (Å²) >= 11 is 0. The number of hydrogen-bond donors (Lipinski definition) is 2. The second-order valence-electron chi connectivity index (χ2n) is 10.4. The molecule has 0 aliphatic heterocycles. The van der Waals surface area contributed by atoms with Crippen LogP contribution in [0, 0.1) is 17.0 Å². The van der Waals surface area contributed by atoms with Crippen LogP contribution in [0.15, 0.2) is 49.1 Å². The van der Waals surface area contributed by atoms with Crippen LogP contribution >= 0.6 is 0 Å². The van der Waals surface area contributed by atoms with E-state index in [9.17, 15) is 13.9 Å². The first kappa shape index (κ1) is 23.7. The largest absolute Gasteiger partial charge is 0.394 e. The fraction of sp³-hybridized carbons (Fsp3) is 0.370. The number of hydrogen-bond acceptors (Lipinski definition) is 7. The van der Waals surface area contributed by atoms with E-state index < -0.39 is 23.2 Å². The average Bonchev–Trinajstić information content (AvgIpc) is 3.51. The molecule has 37 heavy (non-hydrogen) atoms. The number of fused-ring (bicyclic) bond motifs is 5. The Kier molecular flexibility index (Phi) is 5.43. The van der Waals surface area contributed by atoms with Gasteiger partial charge in [-0.1, -0.05) is 19.9 Å². The summed E-state index contributed by atoms with van der Waals surface area (Å²) < 4.78 is 30.6. The number of aliphatic hydroxyl groups is 2. The minimum Gasteiger partial charge on any atom is -0.394 e. The molecule has 0 spiro atoms. The lowest BCUT2D eigenvalue weighted by Gasteiger charge is -2.37. The van der Waals surface area contributed by atoms with Gasteiger partial charge >= 0.3 is 0 Å². The molecule has 0 radical (unpaired) electrons. The second-order valence-corrected chi connectivity index (χ2v) is 10.4. The SMILES string of the molecule is CC1(C)[C@H]2CC[C@]1(c1cncc(-c3cnn(C[C@@H](O)CO)c3)n1)c1nnc(-c3c(F)cccc3F)cc12. The molecule has 2 N–H and O–H groups in total. The van der Waals surface area contributed by atoms with E-state index in [-0.39, 0.29) is 35.7 Å². The lowest BCUT2D eigenvalue weighted by molar-refractivity contribution is 0.0783. The van der Waals surface area contributed by atoms with Gasteiger partial charge in [0.05, 0.1) is 65.4 Å². The van der Waals surface area contributed by atoms with E-state index in [1.165, 1.54) is 18.2 Å². The van der Waals surface area contributed by atoms with Crippen molar-refractivity contribution >= 4 is 0 Å². The zero-order valence-electron chi connectivity index (χ0n) is 20.4. The summed E-state index contributed by atoms with van der Waals surface area (Å²) in [6, 6.07) is 5.56. The van der Waals surface area contributed by atoms with Crippen LogP contribution in [0.2, 0.25) is 0 Å². The van der Waals surface area contributed by atoms with Gasteiger partial charge in [-0.15, -0.1) is 5.10 Å². The molecule has 0 amide bonds. The Labute approximate surface area is 212 Å². The average molecular weight is 505 g/mol. The summed E-state index contributed by atoms with van der Waals surface area (Å²) in [6.07, 6.45) is 7.61. The van der Waals surface area contributed by atoms with Gasteiger partial charge in [0.2, 0.25) is 0 Å². The van der Waals surface area contributed by atoms with Gasteiger partial charge in [-0.05, 0) is 47.9 Å². The monoisotopic (exact) mass is 504 g/mol. The summed E-state index contributed by atoms with van der Waals surface area (Å²) in [5, 5.41) is 32.0. The maximum atomic E-state index is 14.5. The second kappa shape index (κ2) is 8.46. The standard InChI is InChI=1S/C27H26F2N6O2/c1-26(2)18-6-7-27(26,25-17(18)8-21(33-34-25)24-19(28)4-3-5-20(24)29)23-11-30-10-22(32-23)15-9-31-35(12-15)13-16(37)14-36/h3-5,8-12,16,18,36-37H,6-7,13-14H2,1-2H3/t16-,18+,27+/m1/s1. The fourth-order valence-corrected chi connectivity index (χ4v) is 6.34. The number of benzene rings is 1. The van der Waals surface area contributed by atoms with Crippen molar-refractivity contribution in [3.63, 3.8) is 0 Å². The van der Waals surface area contributed by atoms with Crippen molar-refractivity contribution in [2.45, 2.75) is 50.7 Å². The number of rotatable bonds is 6. The Bertz CT molecular complexity index is 1490. The number of halogens is 2. The van der Waals surface area contributed by atoms with Crippen molar-refractivity contribution in [2.75, 3.05) is 6.61 Å². The van der Waals surface area contributed by atoms with Crippen molar-refractivity contribution in [2.24, 2.45) is 5.41 Å². The van der Waals surface area contributed by atoms with Crippen LogP contribution < -0.4 is 0 Å². The van der Waals surface area contributed by atoms with Crippen LogP contribution in [-0.2, 0) is 12.0 Å². The number of aliphatic hydroxyl groups excluding tert-OH is 2. The van der Waals surface area contributed by atoms with Crippen LogP contribution in [0.5, 0.6) is 0 Å². The smallest absolute Gasteiger partial charge is 0.135 e. The van der Waals surface area contributed by atoms with Crippen molar-refractivity contribution < 1.29 is 19.0 Å². The van der Waals surface area contributed by atoms with Gasteiger partial charge in [0.25, 0.3) is 0 Å². The van der Waals surface area contributed by atoms with Crippen LogP contribution in [0.3, 0.4) is 0 Å². The van der Waals surface area contributed by atoms with Crippen LogP contribution in [0.4, 0.5) is 8.78 Å². The van der Waals surface area contributed by atoms with Crippen molar-refractivity contribution in [1.82, 2.24) is 29.9 Å². The maximum Gasteiger partial charge on any atom is 0.135 e. The van der Waals surface area contributed by atoms with E-state index >= 15 is 0 Å². The summed E-state index contributed by atoms with van der Waals surface area (Å²) in [5.74, 6) is -1.21. The van der Waals surface area contributed by atoms with Gasteiger partial charge in [0.15, 0.2) is 0 Å². The van der Waals surface area contributed by atoms with E-state index in [2.05, 4.69) is 34.1 Å². The molecule has 1 aromatic carbocycles. The summed E-state index contributed by atoms with van der Waals surface area (Å²) in [7, 11) is 0. The van der Waals surface area contributed by atoms with Gasteiger partial charge in [0, 0.05) is 18.0 Å². The molecular weight excluding hydrogens is 478 g/mol. The normalized spacial score (nSPS) is 22.3. The maximum absolute atomic E-state index is 14.5.